The highest BCUT2D eigenvalue weighted by Gasteiger charge is 2.22. The zero-order valence-corrected chi connectivity index (χ0v) is 16.3. The van der Waals surface area contributed by atoms with Crippen LogP contribution in [0.1, 0.15) is 35.5 Å². The lowest BCUT2D eigenvalue weighted by Crippen LogP contribution is -2.39. The van der Waals surface area contributed by atoms with Gasteiger partial charge >= 0.3 is 6.03 Å². The maximum Gasteiger partial charge on any atom is 0.317 e. The topological polar surface area (TPSA) is 79.5 Å². The fourth-order valence-electron chi connectivity index (χ4n) is 3.02. The number of hydrogen-bond acceptors (Lipinski definition) is 4. The van der Waals surface area contributed by atoms with Gasteiger partial charge in [0.05, 0.1) is 26.0 Å². The molecule has 2 N–H and O–H groups in total. The van der Waals surface area contributed by atoms with Crippen LogP contribution in [0.25, 0.3) is 0 Å². The van der Waals surface area contributed by atoms with Crippen molar-refractivity contribution in [3.05, 3.63) is 40.7 Å². The van der Waals surface area contributed by atoms with Crippen molar-refractivity contribution in [2.75, 3.05) is 27.8 Å². The first kappa shape index (κ1) is 19.6. The minimum Gasteiger partial charge on any atom is -0.493 e. The van der Waals surface area contributed by atoms with Gasteiger partial charge in [-0.2, -0.15) is 5.10 Å². The van der Waals surface area contributed by atoms with Crippen molar-refractivity contribution in [2.24, 2.45) is 0 Å². The fraction of sp³-hybridized carbons (Fsp3) is 0.474. The zero-order chi connectivity index (χ0) is 19.3. The van der Waals surface area contributed by atoms with Gasteiger partial charge in [0.2, 0.25) is 0 Å². The molecule has 26 heavy (non-hydrogen) atoms. The largest absolute Gasteiger partial charge is 0.493 e. The molecule has 0 aliphatic heterocycles. The number of methoxy groups -OCH3 is 2. The molecule has 1 aromatic carbocycles. The van der Waals surface area contributed by atoms with E-state index in [-0.39, 0.29) is 12.1 Å². The summed E-state index contributed by atoms with van der Waals surface area (Å²) in [6.45, 7) is 6.44. The molecule has 0 spiro atoms. The first-order chi connectivity index (χ1) is 12.4. The molecule has 0 saturated carbocycles. The number of carbonyl (C=O) groups excluding carboxylic acids is 1. The average Bonchev–Trinajstić information content (AvgIpc) is 2.98. The lowest BCUT2D eigenvalue weighted by molar-refractivity contribution is 0.194. The molecule has 2 aromatic rings. The molecule has 7 nitrogen and oxygen atoms in total. The van der Waals surface area contributed by atoms with Gasteiger partial charge in [-0.1, -0.05) is 6.07 Å². The summed E-state index contributed by atoms with van der Waals surface area (Å²) in [5.41, 5.74) is 4.03. The standard InChI is InChI=1S/C19H28N4O3/c1-12-18(13(2)22-21-12)14(3)23(4)19(24)20-10-9-15-7-8-16(25-5)17(11-15)26-6/h7-8,11,14H,9-10H2,1-6H3,(H,20,24)(H,21,22)/t14-/m0/s1. The Bertz CT molecular complexity index is 738. The first-order valence-electron chi connectivity index (χ1n) is 8.62. The molecule has 0 aliphatic carbocycles. The number of aromatic amines is 1. The van der Waals surface area contributed by atoms with Gasteiger partial charge in [-0.15, -0.1) is 0 Å². The van der Waals surface area contributed by atoms with Crippen molar-refractivity contribution >= 4 is 6.03 Å². The average molecular weight is 360 g/mol. The van der Waals surface area contributed by atoms with E-state index in [1.165, 1.54) is 0 Å². The number of nitrogens with zero attached hydrogens (tertiary/aromatic N) is 2. The smallest absolute Gasteiger partial charge is 0.317 e. The van der Waals surface area contributed by atoms with E-state index >= 15 is 0 Å². The second-order valence-corrected chi connectivity index (χ2v) is 6.31. The summed E-state index contributed by atoms with van der Waals surface area (Å²) in [4.78, 5) is 14.1. The Balaban J connectivity index is 1.92. The Labute approximate surface area is 154 Å². The normalized spacial score (nSPS) is 11.8. The van der Waals surface area contributed by atoms with Crippen molar-refractivity contribution in [2.45, 2.75) is 33.2 Å². The number of aromatic nitrogens is 2. The minimum absolute atomic E-state index is 0.0603. The van der Waals surface area contributed by atoms with E-state index in [4.69, 9.17) is 9.47 Å². The molecule has 1 atom stereocenters. The van der Waals surface area contributed by atoms with Gasteiger partial charge < -0.3 is 19.7 Å². The van der Waals surface area contributed by atoms with Crippen molar-refractivity contribution in [1.29, 1.82) is 0 Å². The van der Waals surface area contributed by atoms with Crippen LogP contribution in [0.5, 0.6) is 11.5 Å². The predicted molar refractivity (Wildman–Crippen MR) is 101 cm³/mol. The third kappa shape index (κ3) is 4.28. The molecule has 1 aromatic heterocycles. The van der Waals surface area contributed by atoms with Crippen LogP contribution in [0, 0.1) is 13.8 Å². The van der Waals surface area contributed by atoms with E-state index < -0.39 is 0 Å². The summed E-state index contributed by atoms with van der Waals surface area (Å²) < 4.78 is 10.5. The summed E-state index contributed by atoms with van der Waals surface area (Å²) in [7, 11) is 5.01. The van der Waals surface area contributed by atoms with Crippen molar-refractivity contribution in [3.63, 3.8) is 0 Å². The fourth-order valence-corrected chi connectivity index (χ4v) is 3.02. The number of H-pyrrole nitrogens is 1. The molecule has 2 amide bonds. The van der Waals surface area contributed by atoms with Gasteiger partial charge in [-0.05, 0) is 44.9 Å². The van der Waals surface area contributed by atoms with Gasteiger partial charge in [0.25, 0.3) is 0 Å². The number of urea groups is 1. The Morgan fingerprint density at radius 2 is 1.96 bits per heavy atom. The van der Waals surface area contributed by atoms with Crippen LogP contribution in [0.15, 0.2) is 18.2 Å². The summed E-state index contributed by atoms with van der Waals surface area (Å²) in [5.74, 6) is 1.38. The number of aryl methyl sites for hydroxylation is 2. The number of rotatable bonds is 7. The predicted octanol–water partition coefficient (Wildman–Crippen LogP) is 2.99. The maximum atomic E-state index is 12.5. The van der Waals surface area contributed by atoms with Crippen LogP contribution >= 0.6 is 0 Å². The van der Waals surface area contributed by atoms with E-state index in [0.29, 0.717) is 24.5 Å². The van der Waals surface area contributed by atoms with Gasteiger partial charge in [0.15, 0.2) is 11.5 Å². The summed E-state index contributed by atoms with van der Waals surface area (Å²) in [6, 6.07) is 5.59. The number of hydrogen-bond donors (Lipinski definition) is 2. The summed E-state index contributed by atoms with van der Waals surface area (Å²) >= 11 is 0. The number of nitrogens with one attached hydrogen (secondary N) is 2. The van der Waals surface area contributed by atoms with Crippen LogP contribution in [0.3, 0.4) is 0 Å². The van der Waals surface area contributed by atoms with Gasteiger partial charge in [-0.3, -0.25) is 5.10 Å². The molecule has 2 rings (SSSR count). The van der Waals surface area contributed by atoms with Gasteiger partial charge in [-0.25, -0.2) is 4.79 Å². The zero-order valence-electron chi connectivity index (χ0n) is 16.3. The number of ether oxygens (including phenoxy) is 2. The lowest BCUT2D eigenvalue weighted by atomic mass is 10.1. The summed E-state index contributed by atoms with van der Waals surface area (Å²) in [5, 5.41) is 10.1. The third-order valence-electron chi connectivity index (χ3n) is 4.64. The SMILES string of the molecule is COc1ccc(CCNC(=O)N(C)[C@@H](C)c2c(C)n[nH]c2C)cc1OC. The Morgan fingerprint density at radius 3 is 2.54 bits per heavy atom. The van der Waals surface area contributed by atoms with Crippen molar-refractivity contribution < 1.29 is 14.3 Å². The molecule has 0 fully saturated rings. The highest BCUT2D eigenvalue weighted by molar-refractivity contribution is 5.74. The molecule has 0 unspecified atom stereocenters. The maximum absolute atomic E-state index is 12.5. The highest BCUT2D eigenvalue weighted by Crippen LogP contribution is 2.27. The van der Waals surface area contributed by atoms with Crippen LogP contribution in [-0.2, 0) is 6.42 Å². The second kappa shape index (κ2) is 8.60. The Hall–Kier alpha value is -2.70. The molecule has 0 saturated heterocycles. The first-order valence-corrected chi connectivity index (χ1v) is 8.62. The molecule has 7 heteroatoms. The van der Waals surface area contributed by atoms with Crippen LogP contribution in [-0.4, -0.2) is 48.9 Å². The van der Waals surface area contributed by atoms with Gasteiger partial charge in [0, 0.05) is 24.8 Å². The quantitative estimate of drug-likeness (QED) is 0.795. The molecule has 0 bridgehead atoms. The molecular weight excluding hydrogens is 332 g/mol. The summed E-state index contributed by atoms with van der Waals surface area (Å²) in [6.07, 6.45) is 0.706. The van der Waals surface area contributed by atoms with Crippen LogP contribution in [0.4, 0.5) is 4.79 Å². The number of amides is 2. The Morgan fingerprint density at radius 1 is 1.27 bits per heavy atom. The number of benzene rings is 1. The minimum atomic E-state index is -0.113. The number of carbonyl (C=O) groups is 1. The second-order valence-electron chi connectivity index (χ2n) is 6.31. The van der Waals surface area contributed by atoms with E-state index in [1.54, 1.807) is 26.2 Å². The highest BCUT2D eigenvalue weighted by atomic mass is 16.5. The van der Waals surface area contributed by atoms with E-state index in [0.717, 1.165) is 22.5 Å². The van der Waals surface area contributed by atoms with Crippen LogP contribution in [0.2, 0.25) is 0 Å². The molecule has 142 valence electrons. The van der Waals surface area contributed by atoms with Gasteiger partial charge in [0.1, 0.15) is 0 Å². The third-order valence-corrected chi connectivity index (χ3v) is 4.64. The van der Waals surface area contributed by atoms with E-state index in [9.17, 15) is 4.79 Å². The lowest BCUT2D eigenvalue weighted by Gasteiger charge is -2.25. The monoisotopic (exact) mass is 360 g/mol. The van der Waals surface area contributed by atoms with Crippen molar-refractivity contribution in [3.8, 4) is 11.5 Å². The van der Waals surface area contributed by atoms with E-state index in [1.807, 2.05) is 39.0 Å². The Kier molecular flexibility index (Phi) is 6.49. The molecule has 0 aliphatic rings. The van der Waals surface area contributed by atoms with Crippen LogP contribution < -0.4 is 14.8 Å². The van der Waals surface area contributed by atoms with Crippen molar-refractivity contribution in [1.82, 2.24) is 20.4 Å². The molecular formula is C19H28N4O3. The molecule has 1 heterocycles. The van der Waals surface area contributed by atoms with E-state index in [2.05, 4.69) is 15.5 Å². The molecule has 0 radical (unpaired) electrons.